The Kier molecular flexibility index (Phi) is 2.72. The zero-order valence-electron chi connectivity index (χ0n) is 11.6. The summed E-state index contributed by atoms with van der Waals surface area (Å²) in [7, 11) is 0. The first-order chi connectivity index (χ1) is 8.77. The van der Waals surface area contributed by atoms with Crippen molar-refractivity contribution >= 4 is 5.82 Å². The summed E-state index contributed by atoms with van der Waals surface area (Å²) in [5.41, 5.74) is 1.83. The number of hydrogen-bond donors (Lipinski definition) is 0. The molecule has 0 aromatic carbocycles. The Morgan fingerprint density at radius 3 is 2.89 bits per heavy atom. The Morgan fingerprint density at radius 2 is 2.17 bits per heavy atom. The molecule has 1 spiro atoms. The van der Waals surface area contributed by atoms with E-state index in [1.54, 1.807) is 0 Å². The Morgan fingerprint density at radius 1 is 1.39 bits per heavy atom. The Labute approximate surface area is 109 Å². The summed E-state index contributed by atoms with van der Waals surface area (Å²) < 4.78 is 5.89. The largest absolute Gasteiger partial charge is 0.487 e. The van der Waals surface area contributed by atoms with Crippen molar-refractivity contribution in [2.45, 2.75) is 46.1 Å². The number of aryl methyl sites for hydroxylation is 1. The highest BCUT2D eigenvalue weighted by atomic mass is 16.5. The van der Waals surface area contributed by atoms with E-state index in [1.807, 2.05) is 26.1 Å². The van der Waals surface area contributed by atoms with Gasteiger partial charge in [-0.15, -0.1) is 0 Å². The maximum atomic E-state index is 5.89. The van der Waals surface area contributed by atoms with E-state index in [9.17, 15) is 0 Å². The summed E-state index contributed by atoms with van der Waals surface area (Å²) in [6, 6.07) is 2.60. The van der Waals surface area contributed by atoms with Gasteiger partial charge in [-0.2, -0.15) is 0 Å². The van der Waals surface area contributed by atoms with E-state index in [0.29, 0.717) is 11.5 Å². The highest BCUT2D eigenvalue weighted by molar-refractivity contribution is 5.59. The van der Waals surface area contributed by atoms with Crippen molar-refractivity contribution in [1.29, 1.82) is 0 Å². The van der Waals surface area contributed by atoms with Crippen molar-refractivity contribution in [3.63, 3.8) is 0 Å². The van der Waals surface area contributed by atoms with Crippen LogP contribution >= 0.6 is 0 Å². The molecule has 1 aliphatic carbocycles. The van der Waals surface area contributed by atoms with E-state index in [0.717, 1.165) is 18.2 Å². The second-order valence-electron chi connectivity index (χ2n) is 5.58. The standard InChI is InChI=1S/C13H16N2O.C2H6/c1-9-2-5-14-12-11(9)16-7-10-6-13(3-4-13)8-15(10)12;1-2/h2,5,10H,3-4,6-8H2,1H3;1-2H3/t10-;/m0./s1. The highest BCUT2D eigenvalue weighted by Gasteiger charge is 2.53. The normalized spacial score (nSPS) is 25.7. The smallest absolute Gasteiger partial charge is 0.172 e. The first-order valence-corrected chi connectivity index (χ1v) is 7.13. The van der Waals surface area contributed by atoms with Gasteiger partial charge in [0.1, 0.15) is 6.61 Å². The number of pyridine rings is 1. The molecule has 2 fully saturated rings. The third-order valence-electron chi connectivity index (χ3n) is 4.35. The molecule has 3 nitrogen and oxygen atoms in total. The van der Waals surface area contributed by atoms with Crippen LogP contribution in [0.5, 0.6) is 5.75 Å². The summed E-state index contributed by atoms with van der Waals surface area (Å²) in [5, 5.41) is 0. The van der Waals surface area contributed by atoms with Crippen molar-refractivity contribution in [2.24, 2.45) is 5.41 Å². The number of aromatic nitrogens is 1. The van der Waals surface area contributed by atoms with Gasteiger partial charge in [0.2, 0.25) is 0 Å². The van der Waals surface area contributed by atoms with Crippen molar-refractivity contribution in [2.75, 3.05) is 18.1 Å². The van der Waals surface area contributed by atoms with Crippen LogP contribution in [-0.4, -0.2) is 24.2 Å². The number of anilines is 1. The lowest BCUT2D eigenvalue weighted by Crippen LogP contribution is -2.39. The number of hydrogen-bond acceptors (Lipinski definition) is 3. The SMILES string of the molecule is CC.Cc1ccnc2c1OC[C@@H]1CC3(CC3)CN21. The molecule has 4 rings (SSSR count). The van der Waals surface area contributed by atoms with Gasteiger partial charge in [-0.25, -0.2) is 4.98 Å². The molecule has 1 atom stereocenters. The van der Waals surface area contributed by atoms with E-state index in [-0.39, 0.29) is 0 Å². The van der Waals surface area contributed by atoms with Gasteiger partial charge >= 0.3 is 0 Å². The minimum atomic E-state index is 0.573. The van der Waals surface area contributed by atoms with E-state index in [1.165, 1.54) is 31.4 Å². The monoisotopic (exact) mass is 246 g/mol. The van der Waals surface area contributed by atoms with E-state index in [2.05, 4.69) is 16.8 Å². The van der Waals surface area contributed by atoms with Gasteiger partial charge < -0.3 is 9.64 Å². The summed E-state index contributed by atoms with van der Waals surface area (Å²) >= 11 is 0. The lowest BCUT2D eigenvalue weighted by Gasteiger charge is -2.32. The third kappa shape index (κ3) is 1.68. The quantitative estimate of drug-likeness (QED) is 0.703. The van der Waals surface area contributed by atoms with Gasteiger partial charge in [-0.1, -0.05) is 13.8 Å². The zero-order chi connectivity index (χ0) is 12.8. The molecular formula is C15H22N2O. The lowest BCUT2D eigenvalue weighted by molar-refractivity contribution is 0.265. The van der Waals surface area contributed by atoms with Gasteiger partial charge in [-0.05, 0) is 43.2 Å². The second kappa shape index (κ2) is 4.15. The molecule has 1 aromatic heterocycles. The maximum absolute atomic E-state index is 5.89. The number of rotatable bonds is 0. The molecule has 3 heterocycles. The molecule has 1 saturated heterocycles. The van der Waals surface area contributed by atoms with Crippen LogP contribution in [0.1, 0.15) is 38.7 Å². The molecular weight excluding hydrogens is 224 g/mol. The number of fused-ring (bicyclic) bond motifs is 3. The average Bonchev–Trinajstić information content (AvgIpc) is 3.03. The third-order valence-corrected chi connectivity index (χ3v) is 4.35. The Bertz CT molecular complexity index is 454. The Balaban J connectivity index is 0.000000478. The number of nitrogens with zero attached hydrogens (tertiary/aromatic N) is 2. The van der Waals surface area contributed by atoms with Crippen LogP contribution in [0.3, 0.4) is 0 Å². The fourth-order valence-corrected chi connectivity index (χ4v) is 3.19. The molecule has 2 aliphatic heterocycles. The van der Waals surface area contributed by atoms with Gasteiger partial charge in [0.05, 0.1) is 6.04 Å². The topological polar surface area (TPSA) is 25.4 Å². The van der Waals surface area contributed by atoms with Crippen molar-refractivity contribution < 1.29 is 4.74 Å². The van der Waals surface area contributed by atoms with Crippen molar-refractivity contribution in [1.82, 2.24) is 4.98 Å². The molecule has 0 radical (unpaired) electrons. The molecule has 1 aromatic rings. The van der Waals surface area contributed by atoms with E-state index < -0.39 is 0 Å². The van der Waals surface area contributed by atoms with Crippen LogP contribution in [-0.2, 0) is 0 Å². The van der Waals surface area contributed by atoms with Crippen LogP contribution in [0, 0.1) is 12.3 Å². The molecule has 98 valence electrons. The predicted octanol–water partition coefficient (Wildman–Crippen LogP) is 3.17. The van der Waals surface area contributed by atoms with Gasteiger partial charge in [0.15, 0.2) is 11.6 Å². The molecule has 0 N–H and O–H groups in total. The van der Waals surface area contributed by atoms with Gasteiger partial charge in [0.25, 0.3) is 0 Å². The molecule has 1 saturated carbocycles. The zero-order valence-corrected chi connectivity index (χ0v) is 11.6. The van der Waals surface area contributed by atoms with Crippen molar-refractivity contribution in [3.05, 3.63) is 17.8 Å². The van der Waals surface area contributed by atoms with Crippen molar-refractivity contribution in [3.8, 4) is 5.75 Å². The Hall–Kier alpha value is -1.25. The number of ether oxygens (including phenoxy) is 1. The molecule has 3 aliphatic rings. The van der Waals surface area contributed by atoms with Crippen LogP contribution in [0.25, 0.3) is 0 Å². The summed E-state index contributed by atoms with van der Waals surface area (Å²) in [5.74, 6) is 2.09. The summed E-state index contributed by atoms with van der Waals surface area (Å²) in [6.45, 7) is 8.15. The predicted molar refractivity (Wildman–Crippen MR) is 73.2 cm³/mol. The van der Waals surface area contributed by atoms with Gasteiger partial charge in [0, 0.05) is 12.7 Å². The van der Waals surface area contributed by atoms with Crippen LogP contribution in [0.15, 0.2) is 12.3 Å². The second-order valence-corrected chi connectivity index (χ2v) is 5.58. The summed E-state index contributed by atoms with van der Waals surface area (Å²) in [6.07, 6.45) is 6.02. The first kappa shape index (κ1) is 11.8. The molecule has 18 heavy (non-hydrogen) atoms. The van der Waals surface area contributed by atoms with Crippen LogP contribution in [0.4, 0.5) is 5.82 Å². The van der Waals surface area contributed by atoms with E-state index >= 15 is 0 Å². The summed E-state index contributed by atoms with van der Waals surface area (Å²) in [4.78, 5) is 7.00. The fourth-order valence-electron chi connectivity index (χ4n) is 3.19. The minimum Gasteiger partial charge on any atom is -0.487 e. The molecule has 0 bridgehead atoms. The first-order valence-electron chi connectivity index (χ1n) is 7.13. The molecule has 0 unspecified atom stereocenters. The average molecular weight is 246 g/mol. The fraction of sp³-hybridized carbons (Fsp3) is 0.667. The highest BCUT2D eigenvalue weighted by Crippen LogP contribution is 2.57. The molecule has 0 amide bonds. The van der Waals surface area contributed by atoms with Gasteiger partial charge in [-0.3, -0.25) is 0 Å². The maximum Gasteiger partial charge on any atom is 0.172 e. The van der Waals surface area contributed by atoms with Crippen LogP contribution in [0.2, 0.25) is 0 Å². The van der Waals surface area contributed by atoms with E-state index in [4.69, 9.17) is 4.74 Å². The minimum absolute atomic E-state index is 0.573. The van der Waals surface area contributed by atoms with Crippen LogP contribution < -0.4 is 9.64 Å². The molecule has 3 heteroatoms. The lowest BCUT2D eigenvalue weighted by atomic mass is 10.0.